The van der Waals surface area contributed by atoms with Gasteiger partial charge in [-0.2, -0.15) is 0 Å². The molecule has 8 heteroatoms. The number of rotatable bonds is 2. The van der Waals surface area contributed by atoms with Crippen LogP contribution in [-0.4, -0.2) is 18.2 Å². The van der Waals surface area contributed by atoms with E-state index in [9.17, 15) is 9.90 Å². The average molecular weight is 445 g/mol. The number of phenols is 1. The first-order valence-electron chi connectivity index (χ1n) is 3.87. The van der Waals surface area contributed by atoms with Gasteiger partial charge in [0, 0.05) is 8.48 Å². The molecule has 0 aromatic heterocycles. The summed E-state index contributed by atoms with van der Waals surface area (Å²) in [5.74, 6) is -0.879. The van der Waals surface area contributed by atoms with Crippen LogP contribution in [0.2, 0.25) is 0 Å². The number of nitrogens with zero attached hydrogens (tertiary/aromatic N) is 3. The van der Waals surface area contributed by atoms with E-state index >= 15 is 0 Å². The normalized spacial score (nSPS) is 9.44. The Kier molecular flexibility index (Phi) is 4.62. The highest BCUT2D eigenvalue weighted by Crippen LogP contribution is 2.37. The van der Waals surface area contributed by atoms with Crippen molar-refractivity contribution in [2.24, 2.45) is 5.11 Å². The molecule has 0 unspecified atom stereocenters. The standard InChI is InChI=1S/C8H5I2N3O3/c1-16-8(15)3-2-4(9)6(12-13-11)5(10)7(3)14/h2,14H,1H3. The molecule has 0 fully saturated rings. The van der Waals surface area contributed by atoms with Gasteiger partial charge in [-0.05, 0) is 56.8 Å². The summed E-state index contributed by atoms with van der Waals surface area (Å²) in [5.41, 5.74) is 8.71. The fourth-order valence-electron chi connectivity index (χ4n) is 1.00. The van der Waals surface area contributed by atoms with E-state index in [1.54, 1.807) is 22.6 Å². The van der Waals surface area contributed by atoms with Gasteiger partial charge in [-0.15, -0.1) is 0 Å². The van der Waals surface area contributed by atoms with Crippen molar-refractivity contribution in [1.29, 1.82) is 0 Å². The van der Waals surface area contributed by atoms with E-state index in [0.717, 1.165) is 0 Å². The molecule has 1 aromatic carbocycles. The Morgan fingerprint density at radius 2 is 2.25 bits per heavy atom. The van der Waals surface area contributed by atoms with Gasteiger partial charge in [0.2, 0.25) is 0 Å². The molecule has 0 aliphatic rings. The third-order valence-corrected chi connectivity index (χ3v) is 3.56. The van der Waals surface area contributed by atoms with Gasteiger partial charge in [0.1, 0.15) is 11.3 Å². The number of benzene rings is 1. The molecule has 0 spiro atoms. The molecule has 0 saturated carbocycles. The molecule has 16 heavy (non-hydrogen) atoms. The first kappa shape index (κ1) is 13.3. The Balaban J connectivity index is 3.50. The van der Waals surface area contributed by atoms with Crippen LogP contribution < -0.4 is 0 Å². The topological polar surface area (TPSA) is 95.3 Å². The molecule has 1 aromatic rings. The maximum absolute atomic E-state index is 11.3. The summed E-state index contributed by atoms with van der Waals surface area (Å²) in [7, 11) is 1.23. The number of ether oxygens (including phenoxy) is 1. The zero-order chi connectivity index (χ0) is 12.3. The summed E-state index contributed by atoms with van der Waals surface area (Å²) in [6.07, 6.45) is 0. The molecule has 0 amide bonds. The summed E-state index contributed by atoms with van der Waals surface area (Å²) < 4.78 is 5.41. The molecule has 0 aliphatic heterocycles. The van der Waals surface area contributed by atoms with Gasteiger partial charge in [-0.3, -0.25) is 0 Å². The molecule has 0 bridgehead atoms. The van der Waals surface area contributed by atoms with Crippen LogP contribution in [0.1, 0.15) is 10.4 Å². The Morgan fingerprint density at radius 3 is 2.75 bits per heavy atom. The fraction of sp³-hybridized carbons (Fsp3) is 0.125. The lowest BCUT2D eigenvalue weighted by Gasteiger charge is -2.08. The van der Waals surface area contributed by atoms with Crippen molar-refractivity contribution in [3.05, 3.63) is 29.2 Å². The minimum Gasteiger partial charge on any atom is -0.506 e. The Morgan fingerprint density at radius 1 is 1.62 bits per heavy atom. The minimum absolute atomic E-state index is 0.0492. The number of hydrogen-bond acceptors (Lipinski definition) is 4. The highest BCUT2D eigenvalue weighted by Gasteiger charge is 2.19. The maximum atomic E-state index is 11.3. The predicted molar refractivity (Wildman–Crippen MR) is 73.7 cm³/mol. The highest BCUT2D eigenvalue weighted by atomic mass is 127. The summed E-state index contributed by atoms with van der Waals surface area (Å²) >= 11 is 3.71. The van der Waals surface area contributed by atoms with Crippen LogP contribution in [0, 0.1) is 7.14 Å². The van der Waals surface area contributed by atoms with Gasteiger partial charge in [0.25, 0.3) is 0 Å². The molecule has 0 atom stereocenters. The van der Waals surface area contributed by atoms with Crippen molar-refractivity contribution in [3.8, 4) is 5.75 Å². The van der Waals surface area contributed by atoms with Crippen molar-refractivity contribution in [2.45, 2.75) is 0 Å². The SMILES string of the molecule is COC(=O)c1cc(I)c(N=[N+]=[N-])c(I)c1O. The number of methoxy groups -OCH3 is 1. The van der Waals surface area contributed by atoms with Crippen LogP contribution >= 0.6 is 45.2 Å². The van der Waals surface area contributed by atoms with Crippen molar-refractivity contribution in [1.82, 2.24) is 0 Å². The predicted octanol–water partition coefficient (Wildman–Crippen LogP) is 3.33. The highest BCUT2D eigenvalue weighted by molar-refractivity contribution is 14.1. The minimum atomic E-state index is -0.638. The summed E-state index contributed by atoms with van der Waals surface area (Å²) in [6.45, 7) is 0. The largest absolute Gasteiger partial charge is 0.506 e. The van der Waals surface area contributed by atoms with Crippen LogP contribution in [0.15, 0.2) is 11.2 Å². The number of carbonyl (C=O) groups is 1. The van der Waals surface area contributed by atoms with Gasteiger partial charge in [0.15, 0.2) is 0 Å². The van der Waals surface area contributed by atoms with E-state index in [1.165, 1.54) is 13.2 Å². The van der Waals surface area contributed by atoms with Crippen LogP contribution in [-0.2, 0) is 4.74 Å². The molecule has 1 N–H and O–H groups in total. The van der Waals surface area contributed by atoms with E-state index in [-0.39, 0.29) is 11.3 Å². The summed E-state index contributed by atoms with van der Waals surface area (Å²) in [4.78, 5) is 14.0. The molecular formula is C8H5I2N3O3. The van der Waals surface area contributed by atoms with E-state index in [0.29, 0.717) is 12.8 Å². The number of phenolic OH excluding ortho intramolecular Hbond substituents is 1. The number of esters is 1. The monoisotopic (exact) mass is 445 g/mol. The zero-order valence-electron chi connectivity index (χ0n) is 7.94. The van der Waals surface area contributed by atoms with Gasteiger partial charge in [0.05, 0.1) is 16.4 Å². The van der Waals surface area contributed by atoms with Crippen LogP contribution in [0.3, 0.4) is 0 Å². The number of azide groups is 1. The lowest BCUT2D eigenvalue weighted by Crippen LogP contribution is -2.03. The molecule has 6 nitrogen and oxygen atoms in total. The number of aromatic hydroxyl groups is 1. The van der Waals surface area contributed by atoms with Crippen molar-refractivity contribution < 1.29 is 14.6 Å². The van der Waals surface area contributed by atoms with Gasteiger partial charge in [-0.1, -0.05) is 5.11 Å². The lowest BCUT2D eigenvalue weighted by molar-refractivity contribution is 0.0597. The van der Waals surface area contributed by atoms with Crippen LogP contribution in [0.25, 0.3) is 10.4 Å². The molecule has 84 valence electrons. The second-order valence-electron chi connectivity index (χ2n) is 2.60. The molecule has 0 saturated heterocycles. The molecule has 0 aliphatic carbocycles. The first-order chi connectivity index (χ1) is 7.52. The van der Waals surface area contributed by atoms with E-state index < -0.39 is 5.97 Å². The number of halogens is 2. The number of hydrogen-bond donors (Lipinski definition) is 1. The Labute approximate surface area is 118 Å². The van der Waals surface area contributed by atoms with E-state index in [4.69, 9.17) is 5.53 Å². The third kappa shape index (κ3) is 2.50. The van der Waals surface area contributed by atoms with Gasteiger partial charge in [-0.25, -0.2) is 4.79 Å². The Hall–Kier alpha value is -0.740. The van der Waals surface area contributed by atoms with Crippen LogP contribution in [0.5, 0.6) is 5.75 Å². The molecular weight excluding hydrogens is 440 g/mol. The molecule has 1 rings (SSSR count). The first-order valence-corrected chi connectivity index (χ1v) is 6.03. The van der Waals surface area contributed by atoms with Crippen molar-refractivity contribution >= 4 is 56.8 Å². The Bertz CT molecular complexity index is 498. The van der Waals surface area contributed by atoms with Crippen LogP contribution in [0.4, 0.5) is 5.69 Å². The second kappa shape index (κ2) is 5.55. The summed E-state index contributed by atoms with van der Waals surface area (Å²) in [5, 5.41) is 13.2. The lowest BCUT2D eigenvalue weighted by atomic mass is 10.2. The molecule has 0 heterocycles. The van der Waals surface area contributed by atoms with Gasteiger partial charge >= 0.3 is 5.97 Å². The average Bonchev–Trinajstić information content (AvgIpc) is 2.28. The fourth-order valence-corrected chi connectivity index (χ4v) is 2.89. The smallest absolute Gasteiger partial charge is 0.341 e. The van der Waals surface area contributed by atoms with Crippen molar-refractivity contribution in [3.63, 3.8) is 0 Å². The van der Waals surface area contributed by atoms with Gasteiger partial charge < -0.3 is 9.84 Å². The maximum Gasteiger partial charge on any atom is 0.341 e. The number of carbonyl (C=O) groups excluding carboxylic acids is 1. The quantitative estimate of drug-likeness (QED) is 0.249. The zero-order valence-corrected chi connectivity index (χ0v) is 12.3. The molecule has 0 radical (unpaired) electrons. The van der Waals surface area contributed by atoms with Crippen molar-refractivity contribution in [2.75, 3.05) is 7.11 Å². The second-order valence-corrected chi connectivity index (χ2v) is 4.84. The van der Waals surface area contributed by atoms with E-state index in [1.807, 2.05) is 22.6 Å². The van der Waals surface area contributed by atoms with E-state index in [2.05, 4.69) is 14.8 Å². The summed E-state index contributed by atoms with van der Waals surface area (Å²) in [6, 6.07) is 1.41. The third-order valence-electron chi connectivity index (χ3n) is 1.72.